The van der Waals surface area contributed by atoms with Crippen LogP contribution in [0.15, 0.2) is 5.16 Å². The Bertz CT molecular complexity index is 452. The summed E-state index contributed by atoms with van der Waals surface area (Å²) in [5.41, 5.74) is 3.45. The molecule has 4 heteroatoms. The van der Waals surface area contributed by atoms with E-state index in [-0.39, 0.29) is 0 Å². The molecule has 1 aromatic heterocycles. The molecule has 1 aliphatic rings. The van der Waals surface area contributed by atoms with Crippen molar-refractivity contribution in [2.24, 2.45) is 5.92 Å². The molecule has 0 spiro atoms. The fourth-order valence-corrected chi connectivity index (χ4v) is 4.73. The summed E-state index contributed by atoms with van der Waals surface area (Å²) in [6, 6.07) is 0.591. The molecule has 0 saturated heterocycles. The largest absolute Gasteiger partial charge is 0.316 e. The minimum Gasteiger partial charge on any atom is -0.316 e. The Morgan fingerprint density at radius 1 is 1.14 bits per heavy atom. The fourth-order valence-electron chi connectivity index (χ4n) is 3.27. The zero-order valence-corrected chi connectivity index (χ0v) is 14.9. The second kappa shape index (κ2) is 7.59. The van der Waals surface area contributed by atoms with Crippen molar-refractivity contribution in [3.05, 3.63) is 17.0 Å². The van der Waals surface area contributed by atoms with E-state index in [1.165, 1.54) is 37.7 Å². The number of aromatic nitrogens is 2. The van der Waals surface area contributed by atoms with Crippen molar-refractivity contribution >= 4 is 11.8 Å². The average molecular weight is 308 g/mol. The number of nitrogens with zero attached hydrogens (tertiary/aromatic N) is 2. The smallest absolute Gasteiger partial charge is 0.188 e. The zero-order chi connectivity index (χ0) is 15.4. The van der Waals surface area contributed by atoms with Gasteiger partial charge in [-0.15, -0.1) is 0 Å². The van der Waals surface area contributed by atoms with Crippen LogP contribution >= 0.6 is 11.8 Å². The van der Waals surface area contributed by atoms with E-state index in [9.17, 15) is 0 Å². The van der Waals surface area contributed by atoms with Crippen LogP contribution in [0.4, 0.5) is 0 Å². The van der Waals surface area contributed by atoms with Crippen LogP contribution < -0.4 is 5.32 Å². The highest BCUT2D eigenvalue weighted by Crippen LogP contribution is 2.37. The van der Waals surface area contributed by atoms with Gasteiger partial charge in [0.25, 0.3) is 0 Å². The number of rotatable bonds is 5. The van der Waals surface area contributed by atoms with E-state index < -0.39 is 0 Å². The maximum Gasteiger partial charge on any atom is 0.188 e. The lowest BCUT2D eigenvalue weighted by molar-refractivity contribution is 0.295. The lowest BCUT2D eigenvalue weighted by Crippen LogP contribution is -2.40. The zero-order valence-electron chi connectivity index (χ0n) is 14.1. The first kappa shape index (κ1) is 16.8. The maximum atomic E-state index is 4.69. The molecule has 118 valence electrons. The van der Waals surface area contributed by atoms with Gasteiger partial charge < -0.3 is 5.32 Å². The molecule has 3 atom stereocenters. The summed E-state index contributed by atoms with van der Waals surface area (Å²) >= 11 is 1.88. The summed E-state index contributed by atoms with van der Waals surface area (Å²) in [7, 11) is 2.09. The molecule has 1 heterocycles. The number of thioether (sulfide) groups is 1. The quantitative estimate of drug-likeness (QED) is 0.833. The molecule has 1 N–H and O–H groups in total. The number of hydrogen-bond donors (Lipinski definition) is 1. The Morgan fingerprint density at radius 3 is 2.38 bits per heavy atom. The summed E-state index contributed by atoms with van der Waals surface area (Å²) in [6.45, 7) is 8.57. The average Bonchev–Trinajstić information content (AvgIpc) is 2.45. The third kappa shape index (κ3) is 4.19. The topological polar surface area (TPSA) is 37.8 Å². The van der Waals surface area contributed by atoms with Crippen LogP contribution in [-0.4, -0.2) is 28.3 Å². The Morgan fingerprint density at radius 2 is 1.81 bits per heavy atom. The van der Waals surface area contributed by atoms with E-state index >= 15 is 0 Å². The molecule has 1 saturated carbocycles. The van der Waals surface area contributed by atoms with E-state index in [1.54, 1.807) is 0 Å². The summed E-state index contributed by atoms with van der Waals surface area (Å²) in [5.74, 6) is 0.879. The predicted octanol–water partition coefficient (Wildman–Crippen LogP) is 4.05. The SMILES string of the molecule is CCCC1CCC(NC)C(Sc2nc(C)c(C)c(C)n2)C1. The molecule has 1 fully saturated rings. The summed E-state index contributed by atoms with van der Waals surface area (Å²) in [4.78, 5) is 9.38. The van der Waals surface area contributed by atoms with Gasteiger partial charge in [0, 0.05) is 22.7 Å². The molecular formula is C17H29N3S. The lowest BCUT2D eigenvalue weighted by Gasteiger charge is -2.35. The van der Waals surface area contributed by atoms with Crippen LogP contribution in [0.3, 0.4) is 0 Å². The molecule has 0 radical (unpaired) electrons. The molecule has 2 rings (SSSR count). The molecule has 0 bridgehead atoms. The molecule has 3 unspecified atom stereocenters. The predicted molar refractivity (Wildman–Crippen MR) is 91.0 cm³/mol. The van der Waals surface area contributed by atoms with E-state index in [0.29, 0.717) is 11.3 Å². The van der Waals surface area contributed by atoms with Gasteiger partial charge in [0.1, 0.15) is 0 Å². The molecule has 1 aromatic rings. The highest BCUT2D eigenvalue weighted by molar-refractivity contribution is 7.99. The molecular weight excluding hydrogens is 278 g/mol. The Labute approximate surface area is 133 Å². The molecule has 0 aliphatic heterocycles. The monoisotopic (exact) mass is 307 g/mol. The maximum absolute atomic E-state index is 4.69. The fraction of sp³-hybridized carbons (Fsp3) is 0.765. The van der Waals surface area contributed by atoms with Gasteiger partial charge in [0.15, 0.2) is 5.16 Å². The minimum atomic E-state index is 0.591. The van der Waals surface area contributed by atoms with Crippen molar-refractivity contribution < 1.29 is 0 Å². The van der Waals surface area contributed by atoms with Crippen molar-refractivity contribution in [1.29, 1.82) is 0 Å². The highest BCUT2D eigenvalue weighted by atomic mass is 32.2. The first-order chi connectivity index (χ1) is 10.0. The van der Waals surface area contributed by atoms with Crippen LogP contribution in [0.1, 0.15) is 56.0 Å². The van der Waals surface area contributed by atoms with E-state index in [0.717, 1.165) is 22.5 Å². The van der Waals surface area contributed by atoms with Gasteiger partial charge in [0.2, 0.25) is 0 Å². The standard InChI is InChI=1S/C17H29N3S/c1-6-7-14-8-9-15(18-5)16(10-14)21-17-19-12(3)11(2)13(4)20-17/h14-16,18H,6-10H2,1-5H3. The van der Waals surface area contributed by atoms with Gasteiger partial charge in [-0.3, -0.25) is 0 Å². The van der Waals surface area contributed by atoms with Gasteiger partial charge >= 0.3 is 0 Å². The van der Waals surface area contributed by atoms with Crippen LogP contribution in [-0.2, 0) is 0 Å². The van der Waals surface area contributed by atoms with E-state index in [1.807, 2.05) is 11.8 Å². The number of hydrogen-bond acceptors (Lipinski definition) is 4. The summed E-state index contributed by atoms with van der Waals surface area (Å²) in [5, 5.41) is 5.06. The van der Waals surface area contributed by atoms with Crippen LogP contribution in [0.5, 0.6) is 0 Å². The van der Waals surface area contributed by atoms with Crippen molar-refractivity contribution in [3.63, 3.8) is 0 Å². The Kier molecular flexibility index (Phi) is 6.06. The van der Waals surface area contributed by atoms with Crippen LogP contribution in [0, 0.1) is 26.7 Å². The molecule has 21 heavy (non-hydrogen) atoms. The third-order valence-electron chi connectivity index (χ3n) is 4.84. The molecule has 0 amide bonds. The van der Waals surface area contributed by atoms with E-state index in [2.05, 4.69) is 40.1 Å². The van der Waals surface area contributed by atoms with E-state index in [4.69, 9.17) is 9.97 Å². The summed E-state index contributed by atoms with van der Waals surface area (Å²) < 4.78 is 0. The van der Waals surface area contributed by atoms with Crippen molar-refractivity contribution in [1.82, 2.24) is 15.3 Å². The van der Waals surface area contributed by atoms with Gasteiger partial charge in [0.05, 0.1) is 0 Å². The third-order valence-corrected chi connectivity index (χ3v) is 6.05. The van der Waals surface area contributed by atoms with Crippen molar-refractivity contribution in [3.8, 4) is 0 Å². The first-order valence-corrected chi connectivity index (χ1v) is 9.08. The Hall–Kier alpha value is -0.610. The van der Waals surface area contributed by atoms with Crippen molar-refractivity contribution in [2.75, 3.05) is 7.05 Å². The first-order valence-electron chi connectivity index (χ1n) is 8.20. The normalized spacial score (nSPS) is 26.0. The lowest BCUT2D eigenvalue weighted by atomic mass is 9.83. The number of nitrogens with one attached hydrogen (secondary N) is 1. The minimum absolute atomic E-state index is 0.591. The van der Waals surface area contributed by atoms with Crippen LogP contribution in [0.25, 0.3) is 0 Å². The Balaban J connectivity index is 2.11. The van der Waals surface area contributed by atoms with Crippen molar-refractivity contribution in [2.45, 2.75) is 76.2 Å². The van der Waals surface area contributed by atoms with Gasteiger partial charge in [-0.25, -0.2) is 9.97 Å². The summed E-state index contributed by atoms with van der Waals surface area (Å²) in [6.07, 6.45) is 6.59. The van der Waals surface area contributed by atoms with Gasteiger partial charge in [-0.05, 0) is 58.6 Å². The second-order valence-corrected chi connectivity index (χ2v) is 7.53. The number of aryl methyl sites for hydroxylation is 2. The molecule has 0 aromatic carbocycles. The molecule has 3 nitrogen and oxygen atoms in total. The molecule has 1 aliphatic carbocycles. The van der Waals surface area contributed by atoms with Crippen LogP contribution in [0.2, 0.25) is 0 Å². The van der Waals surface area contributed by atoms with Gasteiger partial charge in [-0.1, -0.05) is 31.5 Å². The highest BCUT2D eigenvalue weighted by Gasteiger charge is 2.30. The van der Waals surface area contributed by atoms with Gasteiger partial charge in [-0.2, -0.15) is 0 Å². The second-order valence-electron chi connectivity index (χ2n) is 6.32.